The molecule has 0 aliphatic carbocycles. The van der Waals surface area contributed by atoms with Crippen molar-refractivity contribution in [2.24, 2.45) is 0 Å². The third kappa shape index (κ3) is 4.06. The number of sulfonamides is 1. The van der Waals surface area contributed by atoms with Crippen LogP contribution in [0.25, 0.3) is 0 Å². The summed E-state index contributed by atoms with van der Waals surface area (Å²) in [6.07, 6.45) is 0.177. The van der Waals surface area contributed by atoms with Gasteiger partial charge in [-0.3, -0.25) is 4.79 Å². The van der Waals surface area contributed by atoms with Crippen LogP contribution in [0.2, 0.25) is 5.02 Å². The molecule has 1 fully saturated rings. The molecule has 138 valence electrons. The van der Waals surface area contributed by atoms with E-state index in [2.05, 4.69) is 0 Å². The summed E-state index contributed by atoms with van der Waals surface area (Å²) in [5, 5.41) is 0.535. The normalized spacial score (nSPS) is 15.8. The molecule has 0 radical (unpaired) electrons. The van der Waals surface area contributed by atoms with Crippen LogP contribution in [-0.4, -0.2) is 49.7 Å². The topological polar surface area (TPSA) is 57.7 Å². The molecule has 0 atom stereocenters. The molecule has 26 heavy (non-hydrogen) atoms. The molecule has 0 bridgehead atoms. The largest absolute Gasteiger partial charge is 0.340 e. The Bertz CT molecular complexity index is 912. The molecule has 5 nitrogen and oxygen atoms in total. The molecule has 0 saturated carbocycles. The molecule has 0 aromatic heterocycles. The van der Waals surface area contributed by atoms with Crippen LogP contribution in [0, 0.1) is 5.82 Å². The van der Waals surface area contributed by atoms with Gasteiger partial charge >= 0.3 is 0 Å². The van der Waals surface area contributed by atoms with Crippen LogP contribution in [0.1, 0.15) is 5.56 Å². The maximum Gasteiger partial charge on any atom is 0.243 e. The van der Waals surface area contributed by atoms with E-state index in [1.807, 2.05) is 6.07 Å². The number of nitrogens with zero attached hydrogens (tertiary/aromatic N) is 2. The standard InChI is InChI=1S/C18H18ClFN2O3S/c19-17-7-2-1-4-14(17)12-18(23)21-8-10-22(11-9-21)26(24,25)16-6-3-5-15(20)13-16/h1-7,13H,8-12H2. The van der Waals surface area contributed by atoms with Crippen molar-refractivity contribution in [1.82, 2.24) is 9.21 Å². The second-order valence-corrected chi connectivity index (χ2v) is 8.36. The van der Waals surface area contributed by atoms with Gasteiger partial charge in [-0.1, -0.05) is 35.9 Å². The Labute approximate surface area is 157 Å². The number of carbonyl (C=O) groups excluding carboxylic acids is 1. The number of hydrogen-bond acceptors (Lipinski definition) is 3. The Balaban J connectivity index is 1.64. The van der Waals surface area contributed by atoms with Gasteiger partial charge in [0.2, 0.25) is 15.9 Å². The fraction of sp³-hybridized carbons (Fsp3) is 0.278. The van der Waals surface area contributed by atoms with Crippen LogP contribution >= 0.6 is 11.6 Å². The molecule has 2 aromatic carbocycles. The Morgan fingerprint density at radius 2 is 1.73 bits per heavy atom. The first-order chi connectivity index (χ1) is 12.4. The zero-order valence-electron chi connectivity index (χ0n) is 13.9. The number of rotatable bonds is 4. The third-order valence-electron chi connectivity index (χ3n) is 4.32. The number of benzene rings is 2. The Hall–Kier alpha value is -1.96. The highest BCUT2D eigenvalue weighted by atomic mass is 35.5. The summed E-state index contributed by atoms with van der Waals surface area (Å²) in [7, 11) is -3.77. The monoisotopic (exact) mass is 396 g/mol. The first-order valence-corrected chi connectivity index (χ1v) is 9.96. The zero-order valence-corrected chi connectivity index (χ0v) is 15.5. The van der Waals surface area contributed by atoms with E-state index in [0.29, 0.717) is 5.02 Å². The van der Waals surface area contributed by atoms with Crippen molar-refractivity contribution >= 4 is 27.5 Å². The average Bonchev–Trinajstić information content (AvgIpc) is 2.63. The van der Waals surface area contributed by atoms with Crippen molar-refractivity contribution in [1.29, 1.82) is 0 Å². The molecular formula is C18H18ClFN2O3S. The summed E-state index contributed by atoms with van der Waals surface area (Å²) in [6, 6.07) is 12.1. The second kappa shape index (κ2) is 7.73. The molecule has 1 aliphatic rings. The van der Waals surface area contributed by atoms with Gasteiger partial charge in [0.05, 0.1) is 11.3 Å². The number of halogens is 2. The van der Waals surface area contributed by atoms with Crippen LogP contribution in [0.15, 0.2) is 53.4 Å². The van der Waals surface area contributed by atoms with E-state index in [0.717, 1.165) is 11.6 Å². The molecule has 0 spiro atoms. The van der Waals surface area contributed by atoms with Crippen LogP contribution in [0.4, 0.5) is 4.39 Å². The van der Waals surface area contributed by atoms with E-state index < -0.39 is 15.8 Å². The van der Waals surface area contributed by atoms with Gasteiger partial charge < -0.3 is 4.90 Å². The Morgan fingerprint density at radius 1 is 1.04 bits per heavy atom. The number of amides is 1. The number of piperazine rings is 1. The highest BCUT2D eigenvalue weighted by molar-refractivity contribution is 7.89. The van der Waals surface area contributed by atoms with Crippen molar-refractivity contribution < 1.29 is 17.6 Å². The Morgan fingerprint density at radius 3 is 2.38 bits per heavy atom. The molecule has 1 aliphatic heterocycles. The fourth-order valence-corrected chi connectivity index (χ4v) is 4.53. The molecule has 3 rings (SSSR count). The summed E-state index contributed by atoms with van der Waals surface area (Å²) in [4.78, 5) is 14.0. The van der Waals surface area contributed by atoms with Crippen molar-refractivity contribution in [3.8, 4) is 0 Å². The molecule has 1 amide bonds. The molecule has 0 unspecified atom stereocenters. The number of carbonyl (C=O) groups is 1. The summed E-state index contributed by atoms with van der Waals surface area (Å²) in [5.74, 6) is -0.694. The van der Waals surface area contributed by atoms with E-state index in [4.69, 9.17) is 11.6 Å². The van der Waals surface area contributed by atoms with Crippen molar-refractivity contribution in [2.75, 3.05) is 26.2 Å². The van der Waals surface area contributed by atoms with E-state index in [1.165, 1.54) is 22.5 Å². The third-order valence-corrected chi connectivity index (χ3v) is 6.59. The second-order valence-electron chi connectivity index (χ2n) is 6.01. The molecule has 0 N–H and O–H groups in total. The molecular weight excluding hydrogens is 379 g/mol. The lowest BCUT2D eigenvalue weighted by Crippen LogP contribution is -2.50. The summed E-state index contributed by atoms with van der Waals surface area (Å²) in [5.41, 5.74) is 0.744. The van der Waals surface area contributed by atoms with Gasteiger partial charge in [-0.15, -0.1) is 0 Å². The van der Waals surface area contributed by atoms with Gasteiger partial charge in [-0.05, 0) is 29.8 Å². The lowest BCUT2D eigenvalue weighted by Gasteiger charge is -2.34. The number of hydrogen-bond donors (Lipinski definition) is 0. The van der Waals surface area contributed by atoms with Crippen LogP contribution in [-0.2, 0) is 21.2 Å². The molecule has 8 heteroatoms. The quantitative estimate of drug-likeness (QED) is 0.798. The van der Waals surface area contributed by atoms with Crippen LogP contribution in [0.3, 0.4) is 0 Å². The van der Waals surface area contributed by atoms with Crippen molar-refractivity contribution in [2.45, 2.75) is 11.3 Å². The summed E-state index contributed by atoms with van der Waals surface area (Å²) in [6.45, 7) is 0.926. The predicted molar refractivity (Wildman–Crippen MR) is 96.9 cm³/mol. The van der Waals surface area contributed by atoms with Crippen LogP contribution < -0.4 is 0 Å². The highest BCUT2D eigenvalue weighted by Gasteiger charge is 2.30. The van der Waals surface area contributed by atoms with Gasteiger partial charge in [0.1, 0.15) is 5.82 Å². The molecule has 2 aromatic rings. The molecule has 1 heterocycles. The van der Waals surface area contributed by atoms with Gasteiger partial charge in [0.25, 0.3) is 0 Å². The smallest absolute Gasteiger partial charge is 0.243 e. The minimum absolute atomic E-state index is 0.0756. The van der Waals surface area contributed by atoms with Gasteiger partial charge in [0, 0.05) is 31.2 Å². The van der Waals surface area contributed by atoms with Gasteiger partial charge in [0.15, 0.2) is 0 Å². The lowest BCUT2D eigenvalue weighted by atomic mass is 10.1. The van der Waals surface area contributed by atoms with Crippen molar-refractivity contribution in [3.05, 3.63) is 64.9 Å². The average molecular weight is 397 g/mol. The maximum absolute atomic E-state index is 13.3. The first kappa shape index (κ1) is 18.8. The van der Waals surface area contributed by atoms with E-state index >= 15 is 0 Å². The van der Waals surface area contributed by atoms with Gasteiger partial charge in [-0.25, -0.2) is 12.8 Å². The van der Waals surface area contributed by atoms with E-state index in [-0.39, 0.29) is 43.4 Å². The van der Waals surface area contributed by atoms with Crippen LogP contribution in [0.5, 0.6) is 0 Å². The lowest BCUT2D eigenvalue weighted by molar-refractivity contribution is -0.131. The SMILES string of the molecule is O=C(Cc1ccccc1Cl)N1CCN(S(=O)(=O)c2cccc(F)c2)CC1. The van der Waals surface area contributed by atoms with Crippen molar-refractivity contribution in [3.63, 3.8) is 0 Å². The maximum atomic E-state index is 13.3. The van der Waals surface area contributed by atoms with E-state index in [1.54, 1.807) is 23.1 Å². The zero-order chi connectivity index (χ0) is 18.7. The minimum atomic E-state index is -3.77. The first-order valence-electron chi connectivity index (χ1n) is 8.15. The minimum Gasteiger partial charge on any atom is -0.340 e. The molecule has 1 saturated heterocycles. The highest BCUT2D eigenvalue weighted by Crippen LogP contribution is 2.20. The Kier molecular flexibility index (Phi) is 5.60. The van der Waals surface area contributed by atoms with E-state index in [9.17, 15) is 17.6 Å². The predicted octanol–water partition coefficient (Wildman–Crippen LogP) is 2.55. The van der Waals surface area contributed by atoms with Gasteiger partial charge in [-0.2, -0.15) is 4.31 Å². The summed E-state index contributed by atoms with van der Waals surface area (Å²) >= 11 is 6.08. The summed E-state index contributed by atoms with van der Waals surface area (Å²) < 4.78 is 39.8. The fourth-order valence-electron chi connectivity index (χ4n) is 2.87.